The number of halogens is 5. The van der Waals surface area contributed by atoms with Crippen LogP contribution in [-0.4, -0.2) is 46.1 Å². The van der Waals surface area contributed by atoms with E-state index in [1.165, 1.54) is 6.20 Å². The topological polar surface area (TPSA) is 66.2 Å². The number of aromatic hydroxyl groups is 1. The van der Waals surface area contributed by atoms with Crippen LogP contribution in [0.4, 0.5) is 27.8 Å². The van der Waals surface area contributed by atoms with Crippen LogP contribution in [0.15, 0.2) is 18.3 Å². The normalized spacial score (nSPS) is 15.3. The fourth-order valence-electron chi connectivity index (χ4n) is 3.37. The van der Waals surface area contributed by atoms with Crippen molar-refractivity contribution >= 4 is 16.7 Å². The molecule has 0 aliphatic carbocycles. The van der Waals surface area contributed by atoms with Gasteiger partial charge in [-0.3, -0.25) is 0 Å². The van der Waals surface area contributed by atoms with Gasteiger partial charge in [0.2, 0.25) is 0 Å². The lowest BCUT2D eigenvalue weighted by molar-refractivity contribution is -0.140. The van der Waals surface area contributed by atoms with Crippen LogP contribution in [0.3, 0.4) is 0 Å². The number of piperazine rings is 1. The summed E-state index contributed by atoms with van der Waals surface area (Å²) in [4.78, 5) is 6.37. The molecule has 1 aliphatic rings. The first kappa shape index (κ1) is 19.4. The van der Waals surface area contributed by atoms with Gasteiger partial charge in [-0.2, -0.15) is 18.3 Å². The second kappa shape index (κ2) is 6.83. The molecule has 6 nitrogen and oxygen atoms in total. The van der Waals surface area contributed by atoms with Gasteiger partial charge in [0.25, 0.3) is 0 Å². The number of hydrogen-bond acceptors (Lipinski definition) is 5. The molecule has 1 saturated heterocycles. The van der Waals surface area contributed by atoms with E-state index >= 15 is 0 Å². The number of hydrogen-bond donors (Lipinski definition) is 2. The average molecular weight is 413 g/mol. The predicted octanol–water partition coefficient (Wildman–Crippen LogP) is 3.14. The molecule has 0 spiro atoms. The summed E-state index contributed by atoms with van der Waals surface area (Å²) in [5.74, 6) is -4.64. The molecule has 0 atom stereocenters. The van der Waals surface area contributed by atoms with Crippen LogP contribution in [0.2, 0.25) is 0 Å². The maximum absolute atomic E-state index is 14.5. The van der Waals surface area contributed by atoms with E-state index in [4.69, 9.17) is 0 Å². The van der Waals surface area contributed by atoms with E-state index in [1.807, 2.05) is 4.90 Å². The van der Waals surface area contributed by atoms with Gasteiger partial charge >= 0.3 is 6.18 Å². The maximum atomic E-state index is 14.5. The molecule has 11 heteroatoms. The van der Waals surface area contributed by atoms with Gasteiger partial charge < -0.3 is 15.3 Å². The Bertz CT molecular complexity index is 1090. The molecule has 29 heavy (non-hydrogen) atoms. The number of phenolic OH excluding ortho intramolecular Hbond substituents is 1. The van der Waals surface area contributed by atoms with E-state index in [1.54, 1.807) is 13.0 Å². The van der Waals surface area contributed by atoms with Crippen LogP contribution >= 0.6 is 0 Å². The smallest absolute Gasteiger partial charge is 0.419 e. The first-order valence-corrected chi connectivity index (χ1v) is 8.78. The number of benzene rings is 1. The van der Waals surface area contributed by atoms with Crippen molar-refractivity contribution in [1.82, 2.24) is 20.1 Å². The zero-order valence-corrected chi connectivity index (χ0v) is 15.2. The number of nitrogens with zero attached hydrogens (tertiary/aromatic N) is 4. The van der Waals surface area contributed by atoms with Crippen molar-refractivity contribution in [3.63, 3.8) is 0 Å². The quantitative estimate of drug-likeness (QED) is 0.632. The number of aromatic nitrogens is 3. The first-order chi connectivity index (χ1) is 13.7. The summed E-state index contributed by atoms with van der Waals surface area (Å²) in [5.41, 5.74) is -1.83. The SMILES string of the molecule is Cc1nn(-c2cc(C(F)(F)F)c(F)c(O)c2F)c2cnc(N3CCNCC3)cc12. The van der Waals surface area contributed by atoms with Crippen LogP contribution in [0.25, 0.3) is 16.6 Å². The molecular weight excluding hydrogens is 397 g/mol. The first-order valence-electron chi connectivity index (χ1n) is 8.78. The molecule has 0 radical (unpaired) electrons. The van der Waals surface area contributed by atoms with Crippen molar-refractivity contribution < 1.29 is 27.1 Å². The van der Waals surface area contributed by atoms with Gasteiger partial charge in [-0.15, -0.1) is 0 Å². The van der Waals surface area contributed by atoms with Crippen LogP contribution in [0.1, 0.15) is 11.3 Å². The third-order valence-electron chi connectivity index (χ3n) is 4.87. The summed E-state index contributed by atoms with van der Waals surface area (Å²) in [7, 11) is 0. The molecule has 0 bridgehead atoms. The molecular formula is C18H16F5N5O. The molecule has 1 fully saturated rings. The minimum Gasteiger partial charge on any atom is -0.503 e. The van der Waals surface area contributed by atoms with Crippen molar-refractivity contribution in [2.45, 2.75) is 13.1 Å². The minimum atomic E-state index is -5.12. The van der Waals surface area contributed by atoms with Crippen LogP contribution in [0, 0.1) is 18.6 Å². The number of alkyl halides is 3. The van der Waals surface area contributed by atoms with Crippen molar-refractivity contribution in [2.24, 2.45) is 0 Å². The molecule has 0 amide bonds. The molecule has 1 aromatic carbocycles. The zero-order chi connectivity index (χ0) is 20.9. The van der Waals surface area contributed by atoms with E-state index in [0.29, 0.717) is 23.0 Å². The van der Waals surface area contributed by atoms with Crippen LogP contribution < -0.4 is 10.2 Å². The monoisotopic (exact) mass is 413 g/mol. The van der Waals surface area contributed by atoms with E-state index in [2.05, 4.69) is 15.4 Å². The van der Waals surface area contributed by atoms with Crippen molar-refractivity contribution in [3.8, 4) is 11.4 Å². The Morgan fingerprint density at radius 1 is 1.10 bits per heavy atom. The van der Waals surface area contributed by atoms with Crippen molar-refractivity contribution in [3.05, 3.63) is 41.2 Å². The maximum Gasteiger partial charge on any atom is 0.419 e. The average Bonchev–Trinajstić information content (AvgIpc) is 3.02. The van der Waals surface area contributed by atoms with Gasteiger partial charge in [0, 0.05) is 31.6 Å². The van der Waals surface area contributed by atoms with E-state index < -0.39 is 34.8 Å². The summed E-state index contributed by atoms with van der Waals surface area (Å²) in [6.45, 7) is 4.67. The molecule has 154 valence electrons. The highest BCUT2D eigenvalue weighted by molar-refractivity contribution is 5.85. The van der Waals surface area contributed by atoms with Gasteiger partial charge in [-0.1, -0.05) is 0 Å². The fraction of sp³-hybridized carbons (Fsp3) is 0.333. The van der Waals surface area contributed by atoms with E-state index in [0.717, 1.165) is 30.9 Å². The largest absolute Gasteiger partial charge is 0.503 e. The Labute approximate surface area is 161 Å². The number of aryl methyl sites for hydroxylation is 1. The van der Waals surface area contributed by atoms with Crippen LogP contribution in [0.5, 0.6) is 5.75 Å². The highest BCUT2D eigenvalue weighted by Crippen LogP contribution is 2.39. The number of rotatable bonds is 2. The van der Waals surface area contributed by atoms with Gasteiger partial charge in [-0.05, 0) is 19.1 Å². The Kier molecular flexibility index (Phi) is 4.56. The number of fused-ring (bicyclic) bond motifs is 1. The Morgan fingerprint density at radius 2 is 1.79 bits per heavy atom. The van der Waals surface area contributed by atoms with Gasteiger partial charge in [0.05, 0.1) is 23.0 Å². The summed E-state index contributed by atoms with van der Waals surface area (Å²) >= 11 is 0. The molecule has 1 aliphatic heterocycles. The highest BCUT2D eigenvalue weighted by atomic mass is 19.4. The lowest BCUT2D eigenvalue weighted by Gasteiger charge is -2.28. The Balaban J connectivity index is 1.88. The molecule has 4 rings (SSSR count). The second-order valence-corrected chi connectivity index (χ2v) is 6.71. The molecule has 3 aromatic rings. The second-order valence-electron chi connectivity index (χ2n) is 6.71. The number of phenols is 1. The fourth-order valence-corrected chi connectivity index (χ4v) is 3.37. The molecule has 2 aromatic heterocycles. The lowest BCUT2D eigenvalue weighted by Crippen LogP contribution is -2.43. The molecule has 0 saturated carbocycles. The lowest BCUT2D eigenvalue weighted by atomic mass is 10.1. The van der Waals surface area contributed by atoms with Gasteiger partial charge in [0.1, 0.15) is 11.5 Å². The Morgan fingerprint density at radius 3 is 2.45 bits per heavy atom. The number of anilines is 1. The van der Waals surface area contributed by atoms with E-state index in [9.17, 15) is 27.1 Å². The minimum absolute atomic E-state index is 0.236. The van der Waals surface area contributed by atoms with Crippen molar-refractivity contribution in [2.75, 3.05) is 31.1 Å². The third kappa shape index (κ3) is 3.24. The van der Waals surface area contributed by atoms with Gasteiger partial charge in [0.15, 0.2) is 17.4 Å². The summed E-state index contributed by atoms with van der Waals surface area (Å²) < 4.78 is 68.5. The molecule has 3 heterocycles. The molecule has 0 unspecified atom stereocenters. The highest BCUT2D eigenvalue weighted by Gasteiger charge is 2.38. The van der Waals surface area contributed by atoms with E-state index in [-0.39, 0.29) is 5.52 Å². The molecule has 2 N–H and O–H groups in total. The van der Waals surface area contributed by atoms with Gasteiger partial charge in [-0.25, -0.2) is 18.4 Å². The summed E-state index contributed by atoms with van der Waals surface area (Å²) in [6, 6.07) is 2.02. The zero-order valence-electron chi connectivity index (χ0n) is 15.2. The third-order valence-corrected chi connectivity index (χ3v) is 4.87. The van der Waals surface area contributed by atoms with Crippen LogP contribution in [-0.2, 0) is 6.18 Å². The summed E-state index contributed by atoms with van der Waals surface area (Å²) in [5, 5.41) is 17.5. The predicted molar refractivity (Wildman–Crippen MR) is 95.3 cm³/mol. The number of pyridine rings is 1. The number of nitrogens with one attached hydrogen (secondary N) is 1. The summed E-state index contributed by atoms with van der Waals surface area (Å²) in [6.07, 6.45) is -3.74. The Hall–Kier alpha value is -2.95. The van der Waals surface area contributed by atoms with Crippen molar-refractivity contribution in [1.29, 1.82) is 0 Å². The standard InChI is InChI=1S/C18H16F5N5O/c1-9-10-6-14(27-4-2-24-3-5-27)25-8-13(10)28(26-9)12-7-11(18(21,22)23)15(19)17(29)16(12)20/h6-8,24,29H,2-5H2,1H3.